The van der Waals surface area contributed by atoms with E-state index in [4.69, 9.17) is 51.4 Å². The zero-order chi connectivity index (χ0) is 70.6. The van der Waals surface area contributed by atoms with Crippen LogP contribution in [0.1, 0.15) is 94.5 Å². The molecule has 0 bridgehead atoms. The first-order chi connectivity index (χ1) is 49.7. The molecule has 2 aliphatic carbocycles. The zero-order valence-electron chi connectivity index (χ0n) is 56.9. The van der Waals surface area contributed by atoms with Crippen LogP contribution in [-0.4, -0.2) is 0 Å². The lowest BCUT2D eigenvalue weighted by atomic mass is 9.79. The minimum Gasteiger partial charge on any atom is -0.310 e. The van der Waals surface area contributed by atoms with Gasteiger partial charge in [0, 0.05) is 89.5 Å². The number of nitrogens with zero attached hydrogens (tertiary/aromatic N) is 2. The Morgan fingerprint density at radius 2 is 0.510 bits per heavy atom. The Labute approximate surface area is 600 Å². The van der Waals surface area contributed by atoms with Crippen molar-refractivity contribution >= 4 is 34.1 Å². The molecule has 474 valence electrons. The van der Waals surface area contributed by atoms with Gasteiger partial charge in [-0.05, 0) is 239 Å². The van der Waals surface area contributed by atoms with Crippen molar-refractivity contribution < 1.29 is 0 Å². The van der Waals surface area contributed by atoms with E-state index in [0.717, 1.165) is 101 Å². The van der Waals surface area contributed by atoms with E-state index in [-0.39, 0.29) is 5.41 Å². The molecule has 0 radical (unpaired) electrons. The van der Waals surface area contributed by atoms with Gasteiger partial charge < -0.3 is 9.80 Å². The first kappa shape index (κ1) is 64.0. The molecule has 0 N–H and O–H groups in total. The minimum atomic E-state index is -0.411. The third-order valence-corrected chi connectivity index (χ3v) is 20.5. The maximum absolute atomic E-state index is 6.44. The number of anilines is 6. The number of fused-ring (bicyclic) bond motifs is 6. The molecule has 0 unspecified atom stereocenters. The van der Waals surface area contributed by atoms with Crippen molar-refractivity contribution in [2.45, 2.75) is 38.5 Å². The topological polar surface area (TPSA) is 6.48 Å². The van der Waals surface area contributed by atoms with E-state index in [1.807, 2.05) is 72.8 Å². The zero-order valence-corrected chi connectivity index (χ0v) is 56.9. The van der Waals surface area contributed by atoms with Crippen LogP contribution < -0.4 is 9.80 Å². The highest BCUT2D eigenvalue weighted by Crippen LogP contribution is 2.58. The lowest BCUT2D eigenvalue weighted by Crippen LogP contribution is -2.18. The SMILES string of the molecule is C#Cc1cccc(-c2ccc(-c3cc(-c4ccc(-c5cccc(C#C)c5C#C)c(-c5cccc(C#C)c5C#C)c4)cc(N(c4ccccc4)c4ccc5c(c4)C(C)(C)c4cc6c(cc4-5)C(C)(C)c4cc(N(c5ccccc5)c5ccccc5)ccc4-6)c3)cc2-c2cccc(C#C)c2C#C)c1C#C. The monoisotopic (exact) mass is 1290 g/mol. The van der Waals surface area contributed by atoms with Crippen molar-refractivity contribution in [1.29, 1.82) is 0 Å². The normalized spacial score (nSPS) is 12.2. The second kappa shape index (κ2) is 25.7. The molecule has 13 aromatic carbocycles. The van der Waals surface area contributed by atoms with Crippen LogP contribution in [0.4, 0.5) is 34.1 Å². The van der Waals surface area contributed by atoms with E-state index in [1.54, 1.807) is 0 Å². The molecule has 2 heteroatoms. The van der Waals surface area contributed by atoms with E-state index in [2.05, 4.69) is 279 Å². The Morgan fingerprint density at radius 1 is 0.206 bits per heavy atom. The molecule has 13 aromatic rings. The van der Waals surface area contributed by atoms with Crippen LogP contribution in [0.3, 0.4) is 0 Å². The fraction of sp³-hybridized carbons (Fsp3) is 0.0600. The van der Waals surface area contributed by atoms with Gasteiger partial charge in [0.25, 0.3) is 0 Å². The summed E-state index contributed by atoms with van der Waals surface area (Å²) >= 11 is 0. The van der Waals surface area contributed by atoms with Crippen LogP contribution in [0, 0.1) is 98.8 Å². The fourth-order valence-corrected chi connectivity index (χ4v) is 15.5. The van der Waals surface area contributed by atoms with Gasteiger partial charge in [0.05, 0.1) is 0 Å². The molecule has 0 saturated carbocycles. The van der Waals surface area contributed by atoms with E-state index in [9.17, 15) is 0 Å². The molecular weight excluding hydrogens is 1230 g/mol. The maximum Gasteiger partial charge on any atom is 0.0477 e. The molecule has 102 heavy (non-hydrogen) atoms. The van der Waals surface area contributed by atoms with Crippen molar-refractivity contribution in [1.82, 2.24) is 0 Å². The second-order valence-electron chi connectivity index (χ2n) is 26.7. The molecule has 2 nitrogen and oxygen atoms in total. The van der Waals surface area contributed by atoms with Crippen LogP contribution in [0.15, 0.2) is 267 Å². The predicted molar refractivity (Wildman–Crippen MR) is 427 cm³/mol. The van der Waals surface area contributed by atoms with Crippen molar-refractivity contribution in [2.75, 3.05) is 9.80 Å². The number of rotatable bonds is 12. The van der Waals surface area contributed by atoms with Gasteiger partial charge in [-0.2, -0.15) is 0 Å². The quantitative estimate of drug-likeness (QED) is 0.113. The molecule has 0 amide bonds. The molecule has 0 fully saturated rings. The molecule has 0 spiro atoms. The molecule has 0 heterocycles. The van der Waals surface area contributed by atoms with Crippen molar-refractivity contribution in [3.05, 3.63) is 334 Å². The average Bonchev–Trinajstić information content (AvgIpc) is 1.54. The molecule has 2 aliphatic rings. The predicted octanol–water partition coefficient (Wildman–Crippen LogP) is 23.1. The summed E-state index contributed by atoms with van der Waals surface area (Å²) in [6.45, 7) is 9.47. The van der Waals surface area contributed by atoms with Gasteiger partial charge in [-0.1, -0.05) is 215 Å². The van der Waals surface area contributed by atoms with Gasteiger partial charge in [0.15, 0.2) is 0 Å². The third kappa shape index (κ3) is 10.6. The standard InChI is InChI=1S/C100H64N2/c1-13-65-34-30-44-83(79(65)17-5)87-52-48-69(59-91(87)85-46-32-36-67(15-3)81(85)19-7)71-56-72(70-49-53-88(84-45-31-35-66(14-2)80(84)18-6)92(60-70)86-47-33-37-68(16-4)82(86)20-8)58-78(57-71)102(75-42-28-23-29-43-75)77-51-55-90-94-64-97-93(63-98(94)100(11,12)96(90)62-77)89-54-50-76(61-95(89)99(97,9)10)101(73-38-24-21-25-39-73)74-40-26-22-27-41-74/h1-8,21-64H,9-12H3. The van der Waals surface area contributed by atoms with Gasteiger partial charge in [-0.25, -0.2) is 0 Å². The smallest absolute Gasteiger partial charge is 0.0477 e. The highest BCUT2D eigenvalue weighted by molar-refractivity contribution is 5.98. The molecule has 0 aromatic heterocycles. The molecule has 0 aliphatic heterocycles. The summed E-state index contributed by atoms with van der Waals surface area (Å²) in [4.78, 5) is 4.71. The van der Waals surface area contributed by atoms with E-state index in [0.29, 0.717) is 44.5 Å². The Bertz CT molecular complexity index is 5780. The number of para-hydroxylation sites is 3. The summed E-state index contributed by atoms with van der Waals surface area (Å²) in [5, 5.41) is 0. The van der Waals surface area contributed by atoms with Gasteiger partial charge in [0.1, 0.15) is 0 Å². The Morgan fingerprint density at radius 3 is 0.833 bits per heavy atom. The van der Waals surface area contributed by atoms with Crippen LogP contribution in [0.25, 0.3) is 89.0 Å². The minimum absolute atomic E-state index is 0.309. The van der Waals surface area contributed by atoms with Gasteiger partial charge >= 0.3 is 0 Å². The second-order valence-corrected chi connectivity index (χ2v) is 26.7. The summed E-state index contributed by atoms with van der Waals surface area (Å²) in [7, 11) is 0. The highest BCUT2D eigenvalue weighted by Gasteiger charge is 2.42. The first-order valence-corrected chi connectivity index (χ1v) is 33.7. The summed E-state index contributed by atoms with van der Waals surface area (Å²) < 4.78 is 0. The van der Waals surface area contributed by atoms with E-state index in [1.165, 1.54) is 44.5 Å². The first-order valence-electron chi connectivity index (χ1n) is 33.7. The number of hydrogen-bond acceptors (Lipinski definition) is 2. The van der Waals surface area contributed by atoms with Gasteiger partial charge in [-0.15, -0.1) is 51.4 Å². The number of benzene rings is 13. The van der Waals surface area contributed by atoms with E-state index < -0.39 is 5.41 Å². The van der Waals surface area contributed by atoms with E-state index >= 15 is 0 Å². The maximum atomic E-state index is 6.44. The van der Waals surface area contributed by atoms with Crippen molar-refractivity contribution in [3.63, 3.8) is 0 Å². The summed E-state index contributed by atoms with van der Waals surface area (Å²) in [6, 6.07) is 93.5. The fourth-order valence-electron chi connectivity index (χ4n) is 15.5. The van der Waals surface area contributed by atoms with Crippen molar-refractivity contribution in [2.24, 2.45) is 0 Å². The Balaban J connectivity index is 0.936. The number of hydrogen-bond donors (Lipinski definition) is 0. The van der Waals surface area contributed by atoms with Crippen LogP contribution in [0.2, 0.25) is 0 Å². The van der Waals surface area contributed by atoms with Crippen LogP contribution >= 0.6 is 0 Å². The lowest BCUT2D eigenvalue weighted by molar-refractivity contribution is 0.652. The van der Waals surface area contributed by atoms with Crippen LogP contribution in [-0.2, 0) is 10.8 Å². The highest BCUT2D eigenvalue weighted by atomic mass is 15.1. The van der Waals surface area contributed by atoms with Gasteiger partial charge in [-0.3, -0.25) is 0 Å². The summed E-state index contributed by atoms with van der Waals surface area (Å²) in [6.07, 6.45) is 50.2. The Hall–Kier alpha value is -14.1. The lowest BCUT2D eigenvalue weighted by Gasteiger charge is -2.29. The van der Waals surface area contributed by atoms with Crippen molar-refractivity contribution in [3.8, 4) is 188 Å². The molecular formula is C100H64N2. The molecule has 0 atom stereocenters. The summed E-state index contributed by atoms with van der Waals surface area (Å²) in [5.74, 6) is 23.1. The average molecular weight is 1290 g/mol. The van der Waals surface area contributed by atoms with Gasteiger partial charge in [0.2, 0.25) is 0 Å². The largest absolute Gasteiger partial charge is 0.310 e. The summed E-state index contributed by atoms with van der Waals surface area (Å²) in [5.41, 5.74) is 30.2. The Kier molecular flexibility index (Phi) is 16.1. The molecule has 15 rings (SSSR count). The van der Waals surface area contributed by atoms with Crippen LogP contribution in [0.5, 0.6) is 0 Å². The molecule has 0 saturated heterocycles. The third-order valence-electron chi connectivity index (χ3n) is 20.5. The number of terminal acetylenes is 8.